The van der Waals surface area contributed by atoms with Crippen molar-refractivity contribution in [3.63, 3.8) is 0 Å². The predicted octanol–water partition coefficient (Wildman–Crippen LogP) is -3.97. The van der Waals surface area contributed by atoms with Crippen LogP contribution >= 0.6 is 0 Å². The number of H-pyrrole nitrogens is 1. The molecule has 4 amide bonds. The number of nitrogens with two attached hydrogens (primary N) is 2. The van der Waals surface area contributed by atoms with E-state index in [4.69, 9.17) is 21.7 Å². The molecule has 0 radical (unpaired) electrons. The molecular weight excluding hydrogens is 486 g/mol. The van der Waals surface area contributed by atoms with Crippen LogP contribution in [0.15, 0.2) is 12.5 Å². The number of carboxylic acids is 3. The lowest BCUT2D eigenvalue weighted by atomic mass is 10.1. The number of carbonyl (C=O) groups excluding carboxylic acids is 4. The number of aromatic nitrogens is 2. The molecule has 0 aromatic carbocycles. The summed E-state index contributed by atoms with van der Waals surface area (Å²) in [5.41, 5.74) is 10.8. The summed E-state index contributed by atoms with van der Waals surface area (Å²) in [4.78, 5) is 88.7. The zero-order valence-corrected chi connectivity index (χ0v) is 18.8. The van der Waals surface area contributed by atoms with Gasteiger partial charge in [-0.2, -0.15) is 0 Å². The van der Waals surface area contributed by atoms with E-state index in [1.165, 1.54) is 12.5 Å². The number of amides is 4. The number of nitrogens with one attached hydrogen (secondary N) is 4. The van der Waals surface area contributed by atoms with Gasteiger partial charge < -0.3 is 47.7 Å². The van der Waals surface area contributed by atoms with Crippen LogP contribution in [0.1, 0.15) is 31.4 Å². The molecule has 0 spiro atoms. The minimum atomic E-state index is -1.77. The Morgan fingerprint density at radius 1 is 0.861 bits per heavy atom. The minimum Gasteiger partial charge on any atom is -0.481 e. The zero-order chi connectivity index (χ0) is 27.4. The number of primary amides is 1. The van der Waals surface area contributed by atoms with Crippen molar-refractivity contribution in [2.24, 2.45) is 11.5 Å². The van der Waals surface area contributed by atoms with Crippen molar-refractivity contribution >= 4 is 41.5 Å². The van der Waals surface area contributed by atoms with E-state index in [0.717, 1.165) is 0 Å². The molecule has 1 aromatic rings. The third-order valence-corrected chi connectivity index (χ3v) is 4.64. The highest BCUT2D eigenvalue weighted by atomic mass is 16.4. The molecule has 17 nitrogen and oxygen atoms in total. The van der Waals surface area contributed by atoms with Crippen molar-refractivity contribution in [2.45, 2.75) is 56.3 Å². The molecule has 17 heteroatoms. The van der Waals surface area contributed by atoms with Crippen molar-refractivity contribution in [3.05, 3.63) is 18.2 Å². The number of aromatic amines is 1. The number of hydrogen-bond acceptors (Lipinski definition) is 9. The number of nitrogens with zero attached hydrogens (tertiary/aromatic N) is 1. The fraction of sp³-hybridized carbons (Fsp3) is 0.474. The van der Waals surface area contributed by atoms with Gasteiger partial charge in [-0.15, -0.1) is 0 Å². The van der Waals surface area contributed by atoms with E-state index in [2.05, 4.69) is 20.6 Å². The highest BCUT2D eigenvalue weighted by molar-refractivity contribution is 5.96. The first-order chi connectivity index (χ1) is 16.8. The molecule has 0 aliphatic heterocycles. The van der Waals surface area contributed by atoms with Crippen LogP contribution in [0, 0.1) is 0 Å². The van der Waals surface area contributed by atoms with E-state index in [1.807, 2.05) is 5.32 Å². The summed E-state index contributed by atoms with van der Waals surface area (Å²) in [6, 6.07) is -6.35. The maximum Gasteiger partial charge on any atom is 0.326 e. The predicted molar refractivity (Wildman–Crippen MR) is 117 cm³/mol. The monoisotopic (exact) mass is 513 g/mol. The first-order valence-corrected chi connectivity index (χ1v) is 10.4. The Labute approximate surface area is 203 Å². The Kier molecular flexibility index (Phi) is 11.5. The SMILES string of the molecule is NC(=O)CC(N)C(=O)NC(CC(=O)O)C(=O)NC(CCC(=O)O)C(=O)NC(Cc1cnc[nH]1)C(=O)O. The average Bonchev–Trinajstić information content (AvgIpc) is 3.27. The highest BCUT2D eigenvalue weighted by Crippen LogP contribution is 2.05. The van der Waals surface area contributed by atoms with Gasteiger partial charge in [0.1, 0.15) is 18.1 Å². The summed E-state index contributed by atoms with van der Waals surface area (Å²) in [7, 11) is 0. The van der Waals surface area contributed by atoms with Crippen molar-refractivity contribution in [2.75, 3.05) is 0 Å². The molecule has 1 heterocycles. The quantitative estimate of drug-likeness (QED) is 0.102. The fourth-order valence-corrected chi connectivity index (χ4v) is 2.87. The van der Waals surface area contributed by atoms with E-state index < -0.39 is 91.4 Å². The van der Waals surface area contributed by atoms with Gasteiger partial charge in [0, 0.05) is 24.7 Å². The van der Waals surface area contributed by atoms with E-state index >= 15 is 0 Å². The topological polar surface area (TPSA) is 297 Å². The first kappa shape index (κ1) is 29.5. The van der Waals surface area contributed by atoms with Crippen molar-refractivity contribution in [1.29, 1.82) is 0 Å². The Morgan fingerprint density at radius 2 is 1.44 bits per heavy atom. The second-order valence-electron chi connectivity index (χ2n) is 7.61. The molecule has 0 aliphatic rings. The normalized spacial score (nSPS) is 13.9. The van der Waals surface area contributed by atoms with E-state index in [0.29, 0.717) is 5.69 Å². The third kappa shape index (κ3) is 10.6. The lowest BCUT2D eigenvalue weighted by Gasteiger charge is -2.24. The molecule has 0 saturated carbocycles. The molecule has 1 aromatic heterocycles. The van der Waals surface area contributed by atoms with Crippen LogP contribution in [-0.2, 0) is 40.0 Å². The first-order valence-electron chi connectivity index (χ1n) is 10.4. The molecule has 0 aliphatic carbocycles. The van der Waals surface area contributed by atoms with E-state index in [1.54, 1.807) is 0 Å². The van der Waals surface area contributed by atoms with Crippen molar-refractivity contribution in [1.82, 2.24) is 25.9 Å². The Bertz CT molecular complexity index is 981. The van der Waals surface area contributed by atoms with Gasteiger partial charge in [-0.3, -0.25) is 28.8 Å². The van der Waals surface area contributed by atoms with Crippen LogP contribution in [0.4, 0.5) is 0 Å². The van der Waals surface area contributed by atoms with Crippen molar-refractivity contribution < 1.29 is 48.9 Å². The summed E-state index contributed by atoms with van der Waals surface area (Å²) in [5, 5.41) is 33.8. The summed E-state index contributed by atoms with van der Waals surface area (Å²) in [5.74, 6) is -8.54. The Balaban J connectivity index is 3.02. The summed E-state index contributed by atoms with van der Waals surface area (Å²) < 4.78 is 0. The molecule has 11 N–H and O–H groups in total. The van der Waals surface area contributed by atoms with Crippen LogP contribution in [-0.4, -0.2) is 91.0 Å². The smallest absolute Gasteiger partial charge is 0.326 e. The lowest BCUT2D eigenvalue weighted by molar-refractivity contribution is -0.143. The number of aliphatic carboxylic acids is 3. The van der Waals surface area contributed by atoms with Crippen LogP contribution in [0.25, 0.3) is 0 Å². The highest BCUT2D eigenvalue weighted by Gasteiger charge is 2.32. The number of carboxylic acid groups (broad SMARTS) is 3. The minimum absolute atomic E-state index is 0.212. The molecule has 0 fully saturated rings. The van der Waals surface area contributed by atoms with Crippen LogP contribution in [0.3, 0.4) is 0 Å². The second-order valence-corrected chi connectivity index (χ2v) is 7.61. The molecule has 4 atom stereocenters. The van der Waals surface area contributed by atoms with Gasteiger partial charge in [0.05, 0.1) is 25.2 Å². The average molecular weight is 513 g/mol. The van der Waals surface area contributed by atoms with Crippen LogP contribution in [0.5, 0.6) is 0 Å². The number of rotatable bonds is 16. The van der Waals surface area contributed by atoms with Gasteiger partial charge >= 0.3 is 17.9 Å². The molecule has 1 rings (SSSR count). The number of hydrogen-bond donors (Lipinski definition) is 9. The van der Waals surface area contributed by atoms with Crippen LogP contribution < -0.4 is 27.4 Å². The number of imidazole rings is 1. The molecular formula is C19H27N7O10. The lowest BCUT2D eigenvalue weighted by Crippen LogP contribution is -2.58. The molecule has 198 valence electrons. The molecule has 0 bridgehead atoms. The molecule has 36 heavy (non-hydrogen) atoms. The Morgan fingerprint density at radius 3 is 1.94 bits per heavy atom. The third-order valence-electron chi connectivity index (χ3n) is 4.64. The maximum atomic E-state index is 12.7. The maximum absolute atomic E-state index is 12.7. The largest absolute Gasteiger partial charge is 0.481 e. The Hall–Kier alpha value is -4.54. The van der Waals surface area contributed by atoms with Gasteiger partial charge in [-0.1, -0.05) is 0 Å². The molecule has 4 unspecified atom stereocenters. The standard InChI is InChI=1S/C19H27N7O10/c20-9(4-13(21)27)16(32)25-11(5-15(30)31)18(34)24-10(1-2-14(28)29)17(33)26-12(19(35)36)3-8-6-22-7-23-8/h6-7,9-12H,1-5,20H2,(H2,21,27)(H,22,23)(H,24,34)(H,25,32)(H,26,33)(H,28,29)(H,30,31)(H,35,36). The van der Waals surface area contributed by atoms with E-state index in [9.17, 15) is 38.7 Å². The van der Waals surface area contributed by atoms with Gasteiger partial charge in [0.15, 0.2) is 0 Å². The number of carbonyl (C=O) groups is 7. The second kappa shape index (κ2) is 14.0. The van der Waals surface area contributed by atoms with Gasteiger partial charge in [-0.05, 0) is 6.42 Å². The van der Waals surface area contributed by atoms with Gasteiger partial charge in [0.2, 0.25) is 23.6 Å². The fourth-order valence-electron chi connectivity index (χ4n) is 2.87. The van der Waals surface area contributed by atoms with E-state index in [-0.39, 0.29) is 6.42 Å². The summed E-state index contributed by atoms with van der Waals surface area (Å²) in [6.45, 7) is 0. The van der Waals surface area contributed by atoms with Crippen molar-refractivity contribution in [3.8, 4) is 0 Å². The van der Waals surface area contributed by atoms with Gasteiger partial charge in [0.25, 0.3) is 0 Å². The van der Waals surface area contributed by atoms with Crippen LogP contribution in [0.2, 0.25) is 0 Å². The molecule has 0 saturated heterocycles. The summed E-state index contributed by atoms with van der Waals surface area (Å²) >= 11 is 0. The van der Waals surface area contributed by atoms with Gasteiger partial charge in [-0.25, -0.2) is 9.78 Å². The zero-order valence-electron chi connectivity index (χ0n) is 18.8. The summed E-state index contributed by atoms with van der Waals surface area (Å²) in [6.07, 6.45) is -0.244.